The van der Waals surface area contributed by atoms with E-state index in [2.05, 4.69) is 28.1 Å². The van der Waals surface area contributed by atoms with Gasteiger partial charge in [0, 0.05) is 29.4 Å². The van der Waals surface area contributed by atoms with E-state index in [1.54, 1.807) is 37.3 Å². The van der Waals surface area contributed by atoms with Crippen molar-refractivity contribution in [3.05, 3.63) is 57.2 Å². The van der Waals surface area contributed by atoms with E-state index in [0.717, 1.165) is 4.47 Å². The highest BCUT2D eigenvalue weighted by atomic mass is 79.9. The third-order valence-corrected chi connectivity index (χ3v) is 6.28. The Labute approximate surface area is 188 Å². The summed E-state index contributed by atoms with van der Waals surface area (Å²) in [5.74, 6) is -2.17. The minimum absolute atomic E-state index is 0.0776. The number of nitriles is 2. The fraction of sp³-hybridized carbons (Fsp3) is 0.364. The molecule has 1 aromatic rings. The number of fused-ring (bicyclic) bond motifs is 1. The van der Waals surface area contributed by atoms with Gasteiger partial charge in [-0.25, -0.2) is 9.59 Å². The minimum Gasteiger partial charge on any atom is -0.468 e. The zero-order chi connectivity index (χ0) is 22.8. The number of halogens is 1. The van der Waals surface area contributed by atoms with Crippen LogP contribution in [0.5, 0.6) is 0 Å². The molecule has 0 saturated carbocycles. The number of hydrogen-bond acceptors (Lipinski definition) is 7. The van der Waals surface area contributed by atoms with Crippen molar-refractivity contribution in [2.24, 2.45) is 17.1 Å². The maximum Gasteiger partial charge on any atom is 0.410 e. The largest absolute Gasteiger partial charge is 0.468 e. The Morgan fingerprint density at radius 3 is 2.55 bits per heavy atom. The fourth-order valence-corrected chi connectivity index (χ4v) is 4.64. The number of rotatable bonds is 3. The average Bonchev–Trinajstić information content (AvgIpc) is 2.78. The quantitative estimate of drug-likeness (QED) is 0.652. The molecule has 3 unspecified atom stereocenters. The van der Waals surface area contributed by atoms with E-state index in [-0.39, 0.29) is 31.0 Å². The van der Waals surface area contributed by atoms with E-state index in [0.29, 0.717) is 11.1 Å². The second-order valence-electron chi connectivity index (χ2n) is 7.21. The SMILES string of the molecule is CCOC(=O)N1CC=C2C(C#N)=C(N)C(C#N)(C(=O)OC)C(c3ccc(Br)cc3)C2C1. The fourth-order valence-electron chi connectivity index (χ4n) is 4.38. The van der Waals surface area contributed by atoms with E-state index in [1.807, 2.05) is 0 Å². The van der Waals surface area contributed by atoms with Crippen LogP contribution in [0.25, 0.3) is 0 Å². The number of ether oxygens (including phenoxy) is 2. The molecule has 3 atom stereocenters. The molecule has 0 bridgehead atoms. The predicted octanol–water partition coefficient (Wildman–Crippen LogP) is 2.98. The van der Waals surface area contributed by atoms with Gasteiger partial charge >= 0.3 is 12.1 Å². The highest BCUT2D eigenvalue weighted by Gasteiger charge is 2.59. The van der Waals surface area contributed by atoms with Gasteiger partial charge in [0.1, 0.15) is 6.07 Å². The van der Waals surface area contributed by atoms with Crippen molar-refractivity contribution in [3.63, 3.8) is 0 Å². The molecule has 0 spiro atoms. The normalized spacial score (nSPS) is 24.9. The molecule has 1 heterocycles. The summed E-state index contributed by atoms with van der Waals surface area (Å²) in [5, 5.41) is 20.1. The van der Waals surface area contributed by atoms with Crippen LogP contribution in [0.2, 0.25) is 0 Å². The van der Waals surface area contributed by atoms with E-state index in [1.165, 1.54) is 12.0 Å². The first-order valence-corrected chi connectivity index (χ1v) is 10.4. The van der Waals surface area contributed by atoms with Crippen LogP contribution in [0, 0.1) is 34.0 Å². The monoisotopic (exact) mass is 484 g/mol. The van der Waals surface area contributed by atoms with Crippen molar-refractivity contribution >= 4 is 28.0 Å². The zero-order valence-electron chi connectivity index (χ0n) is 17.1. The molecule has 31 heavy (non-hydrogen) atoms. The number of carbonyl (C=O) groups is 2. The highest BCUT2D eigenvalue weighted by Crippen LogP contribution is 2.55. The molecule has 0 fully saturated rings. The summed E-state index contributed by atoms with van der Waals surface area (Å²) < 4.78 is 10.9. The molecule has 0 radical (unpaired) electrons. The van der Waals surface area contributed by atoms with Gasteiger partial charge in [0.2, 0.25) is 5.41 Å². The number of carbonyl (C=O) groups excluding carboxylic acids is 2. The summed E-state index contributed by atoms with van der Waals surface area (Å²) in [4.78, 5) is 26.9. The van der Waals surface area contributed by atoms with Crippen molar-refractivity contribution in [1.29, 1.82) is 10.5 Å². The van der Waals surface area contributed by atoms with Gasteiger partial charge in [-0.15, -0.1) is 0 Å². The van der Waals surface area contributed by atoms with Gasteiger partial charge in [-0.05, 0) is 30.2 Å². The Morgan fingerprint density at radius 1 is 1.32 bits per heavy atom. The third-order valence-electron chi connectivity index (χ3n) is 5.75. The lowest BCUT2D eigenvalue weighted by Crippen LogP contribution is -2.53. The molecule has 9 heteroatoms. The van der Waals surface area contributed by atoms with Crippen LogP contribution in [-0.2, 0) is 14.3 Å². The van der Waals surface area contributed by atoms with Gasteiger partial charge < -0.3 is 20.1 Å². The van der Waals surface area contributed by atoms with Crippen LogP contribution in [0.4, 0.5) is 4.79 Å². The summed E-state index contributed by atoms with van der Waals surface area (Å²) in [5.41, 5.74) is 5.64. The molecule has 160 valence electrons. The number of amides is 1. The van der Waals surface area contributed by atoms with Gasteiger partial charge in [0.25, 0.3) is 0 Å². The van der Waals surface area contributed by atoms with Gasteiger partial charge in [-0.1, -0.05) is 34.1 Å². The molecular formula is C22H21BrN4O4. The first kappa shape index (κ1) is 22.4. The highest BCUT2D eigenvalue weighted by molar-refractivity contribution is 9.10. The first-order chi connectivity index (χ1) is 14.8. The Hall–Kier alpha value is -3.30. The topological polar surface area (TPSA) is 129 Å². The number of hydrogen-bond donors (Lipinski definition) is 1. The minimum atomic E-state index is -1.92. The van der Waals surface area contributed by atoms with Gasteiger partial charge in [0.15, 0.2) is 0 Å². The average molecular weight is 485 g/mol. The summed E-state index contributed by atoms with van der Waals surface area (Å²) in [6.07, 6.45) is 1.23. The van der Waals surface area contributed by atoms with Crippen molar-refractivity contribution < 1.29 is 19.1 Å². The van der Waals surface area contributed by atoms with Gasteiger partial charge in [0.05, 0.1) is 31.1 Å². The summed E-state index contributed by atoms with van der Waals surface area (Å²) in [6.45, 7) is 2.31. The summed E-state index contributed by atoms with van der Waals surface area (Å²) >= 11 is 3.39. The van der Waals surface area contributed by atoms with Gasteiger partial charge in [-0.3, -0.25) is 0 Å². The lowest BCUT2D eigenvalue weighted by atomic mass is 9.57. The lowest BCUT2D eigenvalue weighted by Gasteiger charge is -2.46. The molecule has 2 N–H and O–H groups in total. The van der Waals surface area contributed by atoms with Crippen LogP contribution >= 0.6 is 15.9 Å². The van der Waals surface area contributed by atoms with E-state index >= 15 is 0 Å². The smallest absolute Gasteiger partial charge is 0.410 e. The maximum absolute atomic E-state index is 13.0. The second kappa shape index (κ2) is 8.83. The maximum atomic E-state index is 13.0. The Balaban J connectivity index is 2.28. The molecule has 0 saturated heterocycles. The second-order valence-corrected chi connectivity index (χ2v) is 8.13. The molecule has 0 aromatic heterocycles. The van der Waals surface area contributed by atoms with Crippen LogP contribution in [-0.4, -0.2) is 43.8 Å². The Kier molecular flexibility index (Phi) is 6.37. The van der Waals surface area contributed by atoms with Crippen LogP contribution in [0.1, 0.15) is 18.4 Å². The van der Waals surface area contributed by atoms with Crippen molar-refractivity contribution in [2.75, 3.05) is 26.8 Å². The lowest BCUT2D eigenvalue weighted by molar-refractivity contribution is -0.149. The number of esters is 1. The number of allylic oxidation sites excluding steroid dienone is 1. The molecule has 1 aliphatic heterocycles. The van der Waals surface area contributed by atoms with Crippen LogP contribution < -0.4 is 5.73 Å². The first-order valence-electron chi connectivity index (χ1n) is 9.63. The Morgan fingerprint density at radius 2 is 2.00 bits per heavy atom. The number of methoxy groups -OCH3 is 1. The summed E-state index contributed by atoms with van der Waals surface area (Å²) in [7, 11) is 1.18. The molecule has 2 aliphatic rings. The molecule has 3 rings (SSSR count). The number of nitrogens with zero attached hydrogens (tertiary/aromatic N) is 3. The van der Waals surface area contributed by atoms with Crippen LogP contribution in [0.3, 0.4) is 0 Å². The van der Waals surface area contributed by atoms with E-state index in [9.17, 15) is 20.1 Å². The predicted molar refractivity (Wildman–Crippen MR) is 114 cm³/mol. The summed E-state index contributed by atoms with van der Waals surface area (Å²) in [6, 6.07) is 11.3. The number of benzene rings is 1. The molecule has 1 amide bonds. The van der Waals surface area contributed by atoms with Crippen LogP contribution in [0.15, 0.2) is 51.7 Å². The van der Waals surface area contributed by atoms with E-state index < -0.39 is 29.3 Å². The molecule has 1 aromatic carbocycles. The molecular weight excluding hydrogens is 464 g/mol. The zero-order valence-corrected chi connectivity index (χ0v) is 18.7. The standard InChI is InChI=1S/C22H21BrN4O4/c1-3-31-21(29)27-9-8-15-16(10-24)19(26)22(12-25,20(28)30-2)18(17(15)11-27)13-4-6-14(23)7-5-13/h4-8,17-18H,3,9,11,26H2,1-2H3. The molecule has 1 aliphatic carbocycles. The van der Waals surface area contributed by atoms with E-state index in [4.69, 9.17) is 15.2 Å². The Bertz CT molecular complexity index is 1050. The van der Waals surface area contributed by atoms with Crippen molar-refractivity contribution in [3.8, 4) is 12.1 Å². The third kappa shape index (κ3) is 3.55. The number of nitrogens with two attached hydrogens (primary N) is 1. The van der Waals surface area contributed by atoms with Crippen molar-refractivity contribution in [1.82, 2.24) is 4.90 Å². The molecule has 8 nitrogen and oxygen atoms in total. The van der Waals surface area contributed by atoms with Gasteiger partial charge in [-0.2, -0.15) is 10.5 Å². The van der Waals surface area contributed by atoms with Crippen molar-refractivity contribution in [2.45, 2.75) is 12.8 Å².